The van der Waals surface area contributed by atoms with Crippen LogP contribution in [-0.4, -0.2) is 25.4 Å². The minimum Gasteiger partial charge on any atom is -0.396 e. The fourth-order valence-corrected chi connectivity index (χ4v) is 5.24. The van der Waals surface area contributed by atoms with Crippen molar-refractivity contribution >= 4 is 21.4 Å². The minimum absolute atomic E-state index is 0.166. The number of hydrogen-bond donors (Lipinski definition) is 1. The van der Waals surface area contributed by atoms with E-state index in [0.717, 1.165) is 0 Å². The molecule has 3 rings (SSSR count). The Balaban J connectivity index is 1.95. The van der Waals surface area contributed by atoms with Crippen LogP contribution >= 0.6 is 11.6 Å². The number of benzene rings is 2. The van der Waals surface area contributed by atoms with E-state index < -0.39 is 26.8 Å². The predicted octanol–water partition coefficient (Wildman–Crippen LogP) is 3.03. The standard InChI is InChI=1S/C16H14ClFO3S/c17-11-4-6-13(7-5-11)22(20,21)16-14(9-19)15(16)10-2-1-3-12(18)8-10/h1-8,14-16,19H,9H2/t14-,15+,16+/m1/s1. The lowest BCUT2D eigenvalue weighted by Gasteiger charge is -2.04. The van der Waals surface area contributed by atoms with Gasteiger partial charge in [0.2, 0.25) is 0 Å². The van der Waals surface area contributed by atoms with Gasteiger partial charge < -0.3 is 5.11 Å². The van der Waals surface area contributed by atoms with E-state index in [1.54, 1.807) is 12.1 Å². The second-order valence-corrected chi connectivity index (χ2v) is 7.93. The molecule has 1 fully saturated rings. The zero-order valence-corrected chi connectivity index (χ0v) is 13.1. The number of aliphatic hydroxyl groups excluding tert-OH is 1. The van der Waals surface area contributed by atoms with Gasteiger partial charge in [0.05, 0.1) is 10.1 Å². The molecule has 0 aromatic heterocycles. The van der Waals surface area contributed by atoms with Gasteiger partial charge in [-0.3, -0.25) is 0 Å². The second-order valence-electron chi connectivity index (χ2n) is 5.39. The van der Waals surface area contributed by atoms with Crippen molar-refractivity contribution in [3.05, 3.63) is 64.9 Å². The highest BCUT2D eigenvalue weighted by Gasteiger charge is 2.58. The molecule has 0 saturated heterocycles. The van der Waals surface area contributed by atoms with Gasteiger partial charge in [-0.1, -0.05) is 23.7 Å². The summed E-state index contributed by atoms with van der Waals surface area (Å²) in [5.41, 5.74) is 0.599. The molecule has 0 heterocycles. The van der Waals surface area contributed by atoms with E-state index in [1.165, 1.54) is 36.4 Å². The first-order valence-electron chi connectivity index (χ1n) is 6.81. The zero-order valence-electron chi connectivity index (χ0n) is 11.5. The van der Waals surface area contributed by atoms with Crippen LogP contribution in [0, 0.1) is 11.7 Å². The van der Waals surface area contributed by atoms with Crippen LogP contribution < -0.4 is 0 Å². The molecule has 3 atom stereocenters. The average Bonchev–Trinajstić information content (AvgIpc) is 3.23. The first kappa shape index (κ1) is 15.5. The van der Waals surface area contributed by atoms with Crippen molar-refractivity contribution in [2.45, 2.75) is 16.1 Å². The maximum Gasteiger partial charge on any atom is 0.182 e. The molecule has 0 amide bonds. The molecule has 1 saturated carbocycles. The third-order valence-corrected chi connectivity index (χ3v) is 6.58. The first-order chi connectivity index (χ1) is 10.4. The van der Waals surface area contributed by atoms with E-state index in [9.17, 15) is 17.9 Å². The summed E-state index contributed by atoms with van der Waals surface area (Å²) >= 11 is 5.78. The lowest BCUT2D eigenvalue weighted by Crippen LogP contribution is -2.11. The maximum atomic E-state index is 13.4. The van der Waals surface area contributed by atoms with Gasteiger partial charge in [0.25, 0.3) is 0 Å². The van der Waals surface area contributed by atoms with Crippen LogP contribution in [0.2, 0.25) is 5.02 Å². The van der Waals surface area contributed by atoms with E-state index in [-0.39, 0.29) is 17.4 Å². The van der Waals surface area contributed by atoms with Crippen LogP contribution in [0.15, 0.2) is 53.4 Å². The van der Waals surface area contributed by atoms with Crippen molar-refractivity contribution in [1.82, 2.24) is 0 Å². The molecule has 3 nitrogen and oxygen atoms in total. The van der Waals surface area contributed by atoms with Crippen LogP contribution in [-0.2, 0) is 9.84 Å². The van der Waals surface area contributed by atoms with Crippen molar-refractivity contribution in [2.75, 3.05) is 6.61 Å². The normalized spacial score (nSPS) is 24.2. The molecule has 6 heteroatoms. The summed E-state index contributed by atoms with van der Waals surface area (Å²) in [6, 6.07) is 11.8. The molecule has 1 aliphatic rings. The van der Waals surface area contributed by atoms with Crippen molar-refractivity contribution in [3.8, 4) is 0 Å². The summed E-state index contributed by atoms with van der Waals surface area (Å²) in [4.78, 5) is 0.166. The third-order valence-electron chi connectivity index (χ3n) is 4.04. The Morgan fingerprint density at radius 3 is 2.41 bits per heavy atom. The molecular weight excluding hydrogens is 327 g/mol. The van der Waals surface area contributed by atoms with Gasteiger partial charge in [-0.25, -0.2) is 12.8 Å². The summed E-state index contributed by atoms with van der Waals surface area (Å²) in [6.07, 6.45) is 0. The SMILES string of the molecule is O=S(=O)(c1ccc(Cl)cc1)[C@H]1[C@H](CO)[C@@H]1c1cccc(F)c1. The van der Waals surface area contributed by atoms with E-state index >= 15 is 0 Å². The van der Waals surface area contributed by atoms with Gasteiger partial charge in [-0.05, 0) is 42.0 Å². The second kappa shape index (κ2) is 5.65. The molecule has 1 aliphatic carbocycles. The van der Waals surface area contributed by atoms with Gasteiger partial charge in [0.1, 0.15) is 5.82 Å². The molecule has 0 aliphatic heterocycles. The fraction of sp³-hybridized carbons (Fsp3) is 0.250. The predicted molar refractivity (Wildman–Crippen MR) is 82.1 cm³/mol. The lowest BCUT2D eigenvalue weighted by atomic mass is 10.1. The van der Waals surface area contributed by atoms with E-state index in [4.69, 9.17) is 11.6 Å². The smallest absolute Gasteiger partial charge is 0.182 e. The van der Waals surface area contributed by atoms with Crippen molar-refractivity contribution in [3.63, 3.8) is 0 Å². The topological polar surface area (TPSA) is 54.4 Å². The number of aliphatic hydroxyl groups is 1. The van der Waals surface area contributed by atoms with E-state index in [2.05, 4.69) is 0 Å². The van der Waals surface area contributed by atoms with Crippen LogP contribution in [0.5, 0.6) is 0 Å². The van der Waals surface area contributed by atoms with E-state index in [1.807, 2.05) is 0 Å². The molecule has 1 N–H and O–H groups in total. The van der Waals surface area contributed by atoms with Crippen LogP contribution in [0.1, 0.15) is 11.5 Å². The number of hydrogen-bond acceptors (Lipinski definition) is 3. The largest absolute Gasteiger partial charge is 0.396 e. The highest BCUT2D eigenvalue weighted by atomic mass is 35.5. The summed E-state index contributed by atoms with van der Waals surface area (Å²) in [6.45, 7) is -0.251. The molecule has 116 valence electrons. The van der Waals surface area contributed by atoms with Gasteiger partial charge in [0.15, 0.2) is 9.84 Å². The molecule has 0 bridgehead atoms. The summed E-state index contributed by atoms with van der Waals surface area (Å²) in [5, 5.41) is 9.17. The van der Waals surface area contributed by atoms with Gasteiger partial charge in [-0.15, -0.1) is 0 Å². The number of halogens is 2. The summed E-state index contributed by atoms with van der Waals surface area (Å²) in [7, 11) is -3.60. The van der Waals surface area contributed by atoms with Crippen LogP contribution in [0.3, 0.4) is 0 Å². The molecule has 0 spiro atoms. The first-order valence-corrected chi connectivity index (χ1v) is 8.73. The molecule has 0 unspecified atom stereocenters. The van der Waals surface area contributed by atoms with Crippen molar-refractivity contribution in [1.29, 1.82) is 0 Å². The molecule has 0 radical (unpaired) electrons. The van der Waals surface area contributed by atoms with Crippen LogP contribution in [0.4, 0.5) is 4.39 Å². The number of rotatable bonds is 4. The Kier molecular flexibility index (Phi) is 3.97. The monoisotopic (exact) mass is 340 g/mol. The Hall–Kier alpha value is -1.43. The molecule has 2 aromatic rings. The quantitative estimate of drug-likeness (QED) is 0.930. The lowest BCUT2D eigenvalue weighted by molar-refractivity contribution is 0.274. The van der Waals surface area contributed by atoms with Crippen molar-refractivity contribution < 1.29 is 17.9 Å². The van der Waals surface area contributed by atoms with Gasteiger partial charge in [0, 0.05) is 23.5 Å². The van der Waals surface area contributed by atoms with Gasteiger partial charge >= 0.3 is 0 Å². The molecule has 22 heavy (non-hydrogen) atoms. The highest BCUT2D eigenvalue weighted by molar-refractivity contribution is 7.92. The Bertz CT molecular complexity index is 789. The zero-order chi connectivity index (χ0) is 15.9. The van der Waals surface area contributed by atoms with E-state index in [0.29, 0.717) is 10.6 Å². The maximum absolute atomic E-state index is 13.4. The van der Waals surface area contributed by atoms with Crippen molar-refractivity contribution in [2.24, 2.45) is 5.92 Å². The summed E-state index contributed by atoms with van der Waals surface area (Å²) in [5.74, 6) is -1.22. The molecular formula is C16H14ClFO3S. The van der Waals surface area contributed by atoms with Crippen LogP contribution in [0.25, 0.3) is 0 Å². The minimum atomic E-state index is -3.60. The summed E-state index contributed by atoms with van der Waals surface area (Å²) < 4.78 is 38.7. The number of sulfone groups is 1. The third kappa shape index (κ3) is 2.64. The Morgan fingerprint density at radius 2 is 1.82 bits per heavy atom. The average molecular weight is 341 g/mol. The van der Waals surface area contributed by atoms with Gasteiger partial charge in [-0.2, -0.15) is 0 Å². The Morgan fingerprint density at radius 1 is 1.14 bits per heavy atom. The molecule has 2 aromatic carbocycles. The Labute approximate surface area is 133 Å². The fourth-order valence-electron chi connectivity index (χ4n) is 2.92. The highest BCUT2D eigenvalue weighted by Crippen LogP contribution is 2.53.